The molecule has 0 aromatic heterocycles. The van der Waals surface area contributed by atoms with E-state index in [1.807, 2.05) is 62.4 Å². The maximum atomic E-state index is 12.9. The fraction of sp³-hybridized carbons (Fsp3) is 0.115. The van der Waals surface area contributed by atoms with Crippen molar-refractivity contribution in [1.29, 1.82) is 0 Å². The maximum absolute atomic E-state index is 12.9. The summed E-state index contributed by atoms with van der Waals surface area (Å²) in [6.07, 6.45) is 1.75. The van der Waals surface area contributed by atoms with Crippen LogP contribution in [0.3, 0.4) is 0 Å². The van der Waals surface area contributed by atoms with E-state index in [2.05, 4.69) is 17.6 Å². The number of hydrogen-bond acceptors (Lipinski definition) is 5. The van der Waals surface area contributed by atoms with Gasteiger partial charge < -0.3 is 4.74 Å². The standard InChI is InChI=1S/C26H22N2O3S2/c1-17-10-12-19(13-11-17)16-31-21-8-5-7-20(14-21)15-23-25(30)28(26(32)33-23)27-24(29)22-9-4-3-6-18(22)2/h3-15H,16H2,1-2H3,(H,27,29)/b23-15+. The number of carbonyl (C=O) groups is 2. The van der Waals surface area contributed by atoms with Crippen LogP contribution in [0.2, 0.25) is 0 Å². The molecule has 166 valence electrons. The van der Waals surface area contributed by atoms with E-state index in [0.29, 0.717) is 22.8 Å². The second-order valence-electron chi connectivity index (χ2n) is 7.62. The van der Waals surface area contributed by atoms with Gasteiger partial charge in [0.2, 0.25) is 0 Å². The van der Waals surface area contributed by atoms with Gasteiger partial charge in [-0.25, -0.2) is 0 Å². The number of thioether (sulfide) groups is 1. The molecule has 0 radical (unpaired) electrons. The summed E-state index contributed by atoms with van der Waals surface area (Å²) in [5.74, 6) is -0.0391. The van der Waals surface area contributed by atoms with Crippen LogP contribution in [0.25, 0.3) is 6.08 Å². The highest BCUT2D eigenvalue weighted by Crippen LogP contribution is 2.32. The normalized spacial score (nSPS) is 14.6. The van der Waals surface area contributed by atoms with Gasteiger partial charge in [0.15, 0.2) is 4.32 Å². The Balaban J connectivity index is 1.44. The summed E-state index contributed by atoms with van der Waals surface area (Å²) in [5, 5.41) is 1.12. The molecule has 0 spiro atoms. The lowest BCUT2D eigenvalue weighted by atomic mass is 10.1. The minimum absolute atomic E-state index is 0.278. The summed E-state index contributed by atoms with van der Waals surface area (Å²) in [6, 6.07) is 22.9. The number of rotatable bonds is 6. The zero-order valence-corrected chi connectivity index (χ0v) is 19.8. The lowest BCUT2D eigenvalue weighted by molar-refractivity contribution is -0.123. The molecule has 7 heteroatoms. The zero-order chi connectivity index (χ0) is 23.4. The average Bonchev–Trinajstić information content (AvgIpc) is 3.06. The molecule has 33 heavy (non-hydrogen) atoms. The van der Waals surface area contributed by atoms with Crippen molar-refractivity contribution in [3.63, 3.8) is 0 Å². The molecule has 0 aliphatic carbocycles. The van der Waals surface area contributed by atoms with Crippen molar-refractivity contribution in [2.24, 2.45) is 0 Å². The molecule has 5 nitrogen and oxygen atoms in total. The first-order valence-electron chi connectivity index (χ1n) is 10.3. The van der Waals surface area contributed by atoms with Crippen molar-refractivity contribution in [3.8, 4) is 5.75 Å². The molecule has 1 N–H and O–H groups in total. The van der Waals surface area contributed by atoms with Crippen LogP contribution in [0.4, 0.5) is 0 Å². The number of amides is 2. The Morgan fingerprint density at radius 1 is 1.06 bits per heavy atom. The van der Waals surface area contributed by atoms with Gasteiger partial charge in [-0.15, -0.1) is 0 Å². The predicted octanol–water partition coefficient (Wildman–Crippen LogP) is 5.43. The number of carbonyl (C=O) groups excluding carboxylic acids is 2. The molecular weight excluding hydrogens is 452 g/mol. The lowest BCUT2D eigenvalue weighted by Crippen LogP contribution is -2.45. The topological polar surface area (TPSA) is 58.6 Å². The quantitative estimate of drug-likeness (QED) is 0.381. The number of nitrogens with one attached hydrogen (secondary N) is 1. The molecule has 0 bridgehead atoms. The lowest BCUT2D eigenvalue weighted by Gasteiger charge is -2.16. The number of benzene rings is 3. The Labute approximate surface area is 202 Å². The third-order valence-corrected chi connectivity index (χ3v) is 6.38. The first-order chi connectivity index (χ1) is 15.9. The molecule has 0 atom stereocenters. The third kappa shape index (κ3) is 5.50. The van der Waals surface area contributed by atoms with Gasteiger partial charge in [0.1, 0.15) is 12.4 Å². The van der Waals surface area contributed by atoms with Crippen molar-refractivity contribution in [2.45, 2.75) is 20.5 Å². The summed E-state index contributed by atoms with van der Waals surface area (Å²) in [6.45, 7) is 4.34. The summed E-state index contributed by atoms with van der Waals surface area (Å²) in [7, 11) is 0. The Bertz CT molecular complexity index is 1250. The Kier molecular flexibility index (Phi) is 6.91. The average molecular weight is 475 g/mol. The van der Waals surface area contributed by atoms with Gasteiger partial charge in [-0.2, -0.15) is 5.01 Å². The fourth-order valence-electron chi connectivity index (χ4n) is 3.25. The molecular formula is C26H22N2O3S2. The largest absolute Gasteiger partial charge is 0.489 e. The van der Waals surface area contributed by atoms with Crippen LogP contribution >= 0.6 is 24.0 Å². The highest BCUT2D eigenvalue weighted by Gasteiger charge is 2.34. The van der Waals surface area contributed by atoms with Crippen LogP contribution in [0.1, 0.15) is 32.6 Å². The number of nitrogens with zero attached hydrogens (tertiary/aromatic N) is 1. The van der Waals surface area contributed by atoms with Gasteiger partial charge in [0.25, 0.3) is 11.8 Å². The molecule has 1 heterocycles. The molecule has 1 aliphatic rings. The molecule has 2 amide bonds. The van der Waals surface area contributed by atoms with Crippen molar-refractivity contribution < 1.29 is 14.3 Å². The highest BCUT2D eigenvalue weighted by atomic mass is 32.2. The van der Waals surface area contributed by atoms with E-state index in [-0.39, 0.29) is 16.1 Å². The molecule has 0 unspecified atom stereocenters. The Morgan fingerprint density at radius 2 is 1.82 bits per heavy atom. The number of hydrogen-bond donors (Lipinski definition) is 1. The van der Waals surface area contributed by atoms with Gasteiger partial charge in [-0.1, -0.05) is 71.9 Å². The van der Waals surface area contributed by atoms with Crippen LogP contribution in [-0.4, -0.2) is 21.1 Å². The first-order valence-corrected chi connectivity index (χ1v) is 11.6. The van der Waals surface area contributed by atoms with Crippen LogP contribution in [0, 0.1) is 13.8 Å². The SMILES string of the molecule is Cc1ccc(COc2cccc(/C=C3/SC(=S)N(NC(=O)c4ccccc4C)C3=O)c2)cc1. The number of aryl methyl sites for hydroxylation is 2. The molecule has 4 rings (SSSR count). The van der Waals surface area contributed by atoms with Crippen molar-refractivity contribution in [3.05, 3.63) is 106 Å². The van der Waals surface area contributed by atoms with Crippen molar-refractivity contribution in [1.82, 2.24) is 10.4 Å². The smallest absolute Gasteiger partial charge is 0.285 e. The minimum Gasteiger partial charge on any atom is -0.489 e. The number of hydrazine groups is 1. The molecule has 1 fully saturated rings. The third-order valence-electron chi connectivity index (χ3n) is 5.08. The molecule has 1 aliphatic heterocycles. The second-order valence-corrected chi connectivity index (χ2v) is 9.30. The second kappa shape index (κ2) is 10.0. The first kappa shape index (κ1) is 22.8. The van der Waals surface area contributed by atoms with Crippen molar-refractivity contribution in [2.75, 3.05) is 0 Å². The van der Waals surface area contributed by atoms with Gasteiger partial charge >= 0.3 is 0 Å². The van der Waals surface area contributed by atoms with Gasteiger partial charge in [0, 0.05) is 5.56 Å². The van der Waals surface area contributed by atoms with E-state index >= 15 is 0 Å². The van der Waals surface area contributed by atoms with Crippen LogP contribution in [-0.2, 0) is 11.4 Å². The molecule has 3 aromatic carbocycles. The van der Waals surface area contributed by atoms with Crippen LogP contribution < -0.4 is 10.2 Å². The van der Waals surface area contributed by atoms with E-state index < -0.39 is 0 Å². The monoisotopic (exact) mass is 474 g/mol. The summed E-state index contributed by atoms with van der Waals surface area (Å²) in [4.78, 5) is 25.9. The minimum atomic E-state index is -0.378. The summed E-state index contributed by atoms with van der Waals surface area (Å²) >= 11 is 6.48. The summed E-state index contributed by atoms with van der Waals surface area (Å²) in [5.41, 5.74) is 7.02. The van der Waals surface area contributed by atoms with Crippen molar-refractivity contribution >= 4 is 46.2 Å². The Morgan fingerprint density at radius 3 is 2.58 bits per heavy atom. The predicted molar refractivity (Wildman–Crippen MR) is 136 cm³/mol. The fourth-order valence-corrected chi connectivity index (χ4v) is 4.43. The van der Waals surface area contributed by atoms with E-state index in [1.165, 1.54) is 5.56 Å². The zero-order valence-electron chi connectivity index (χ0n) is 18.2. The van der Waals surface area contributed by atoms with E-state index in [1.54, 1.807) is 18.2 Å². The van der Waals surface area contributed by atoms with Gasteiger partial charge in [0.05, 0.1) is 4.91 Å². The number of thiocarbonyl (C=S) groups is 1. The number of ether oxygens (including phenoxy) is 1. The molecule has 1 saturated heterocycles. The van der Waals surface area contributed by atoms with Gasteiger partial charge in [-0.3, -0.25) is 15.0 Å². The van der Waals surface area contributed by atoms with Gasteiger partial charge in [-0.05, 0) is 67.0 Å². The summed E-state index contributed by atoms with van der Waals surface area (Å²) < 4.78 is 6.18. The van der Waals surface area contributed by atoms with Crippen LogP contribution in [0.15, 0.2) is 77.7 Å². The van der Waals surface area contributed by atoms with E-state index in [0.717, 1.165) is 33.5 Å². The van der Waals surface area contributed by atoms with E-state index in [4.69, 9.17) is 17.0 Å². The van der Waals surface area contributed by atoms with Crippen LogP contribution in [0.5, 0.6) is 5.75 Å². The van der Waals surface area contributed by atoms with E-state index in [9.17, 15) is 9.59 Å². The molecule has 0 saturated carbocycles. The maximum Gasteiger partial charge on any atom is 0.285 e. The highest BCUT2D eigenvalue weighted by molar-refractivity contribution is 8.26. The molecule has 3 aromatic rings. The Hall–Kier alpha value is -3.42.